The Kier molecular flexibility index (Phi) is 5.28. The maximum atomic E-state index is 12.5. The van der Waals surface area contributed by atoms with E-state index < -0.39 is 6.36 Å². The Hall–Kier alpha value is -2.70. The number of rotatable bonds is 5. The molecule has 0 saturated heterocycles. The van der Waals surface area contributed by atoms with E-state index >= 15 is 0 Å². The Bertz CT molecular complexity index is 1010. The molecule has 0 saturated carbocycles. The van der Waals surface area contributed by atoms with Gasteiger partial charge in [0.2, 0.25) is 0 Å². The van der Waals surface area contributed by atoms with Crippen LogP contribution < -0.4 is 9.47 Å². The van der Waals surface area contributed by atoms with Crippen LogP contribution in [0.15, 0.2) is 30.5 Å². The van der Waals surface area contributed by atoms with E-state index in [-0.39, 0.29) is 11.5 Å². The molecule has 150 valence electrons. The zero-order valence-corrected chi connectivity index (χ0v) is 16.5. The van der Waals surface area contributed by atoms with Crippen molar-refractivity contribution in [3.63, 3.8) is 0 Å². The summed E-state index contributed by atoms with van der Waals surface area (Å²) >= 11 is 0. The first kappa shape index (κ1) is 20.0. The third-order valence-corrected chi connectivity index (χ3v) is 4.90. The highest BCUT2D eigenvalue weighted by atomic mass is 19.4. The molecule has 3 rings (SSSR count). The third-order valence-electron chi connectivity index (χ3n) is 4.90. The molecule has 0 aliphatic carbocycles. The molecule has 0 aliphatic rings. The molecule has 1 aromatic carbocycles. The van der Waals surface area contributed by atoms with Crippen LogP contribution in [0.25, 0.3) is 22.3 Å². The van der Waals surface area contributed by atoms with Crippen LogP contribution in [0.5, 0.6) is 11.5 Å². The van der Waals surface area contributed by atoms with Gasteiger partial charge in [-0.25, -0.2) is 4.98 Å². The summed E-state index contributed by atoms with van der Waals surface area (Å²) in [6, 6.07) is 6.45. The van der Waals surface area contributed by atoms with E-state index in [1.54, 1.807) is 6.07 Å². The van der Waals surface area contributed by atoms with Gasteiger partial charge in [-0.05, 0) is 56.5 Å². The molecule has 0 fully saturated rings. The molecule has 4 nitrogen and oxygen atoms in total. The average Bonchev–Trinajstić information content (AvgIpc) is 2.95. The average molecular weight is 392 g/mol. The van der Waals surface area contributed by atoms with E-state index in [2.05, 4.69) is 35.4 Å². The van der Waals surface area contributed by atoms with Crippen molar-refractivity contribution in [3.05, 3.63) is 41.6 Å². The largest absolute Gasteiger partial charge is 0.573 e. The molecule has 0 amide bonds. The Morgan fingerprint density at radius 2 is 1.86 bits per heavy atom. The van der Waals surface area contributed by atoms with Crippen LogP contribution in [0, 0.1) is 13.8 Å². The molecule has 0 radical (unpaired) electrons. The number of methoxy groups -OCH3 is 1. The number of hydrogen-bond donors (Lipinski definition) is 0. The van der Waals surface area contributed by atoms with Gasteiger partial charge in [0.15, 0.2) is 0 Å². The second-order valence-corrected chi connectivity index (χ2v) is 6.91. The van der Waals surface area contributed by atoms with Gasteiger partial charge in [-0.2, -0.15) is 0 Å². The van der Waals surface area contributed by atoms with Crippen molar-refractivity contribution in [3.8, 4) is 22.8 Å². The van der Waals surface area contributed by atoms with E-state index in [9.17, 15) is 13.2 Å². The number of hydrogen-bond acceptors (Lipinski definition) is 3. The molecule has 1 atom stereocenters. The fourth-order valence-corrected chi connectivity index (χ4v) is 3.32. The fourth-order valence-electron chi connectivity index (χ4n) is 3.32. The number of aryl methyl sites for hydroxylation is 2. The molecule has 0 bridgehead atoms. The van der Waals surface area contributed by atoms with Gasteiger partial charge in [-0.15, -0.1) is 13.2 Å². The van der Waals surface area contributed by atoms with Gasteiger partial charge in [0.25, 0.3) is 0 Å². The highest BCUT2D eigenvalue weighted by Gasteiger charge is 2.31. The summed E-state index contributed by atoms with van der Waals surface area (Å²) in [5, 5.41) is 0. The Labute approximate surface area is 161 Å². The lowest BCUT2D eigenvalue weighted by Crippen LogP contribution is -2.17. The monoisotopic (exact) mass is 392 g/mol. The number of aromatic nitrogens is 2. The summed E-state index contributed by atoms with van der Waals surface area (Å²) in [4.78, 5) is 4.83. The molecule has 2 aromatic heterocycles. The zero-order chi connectivity index (χ0) is 20.6. The Morgan fingerprint density at radius 3 is 2.46 bits per heavy atom. The highest BCUT2D eigenvalue weighted by Crippen LogP contribution is 2.37. The van der Waals surface area contributed by atoms with Gasteiger partial charge in [-0.1, -0.05) is 6.92 Å². The number of ether oxygens (including phenoxy) is 2. The van der Waals surface area contributed by atoms with Gasteiger partial charge < -0.3 is 14.0 Å². The van der Waals surface area contributed by atoms with Crippen molar-refractivity contribution in [2.24, 2.45) is 0 Å². The maximum absolute atomic E-state index is 12.5. The fraction of sp³-hybridized carbons (Fsp3) is 0.381. The predicted molar refractivity (Wildman–Crippen MR) is 103 cm³/mol. The molecule has 0 spiro atoms. The van der Waals surface area contributed by atoms with Crippen molar-refractivity contribution < 1.29 is 22.6 Å². The topological polar surface area (TPSA) is 36.3 Å². The lowest BCUT2D eigenvalue weighted by atomic mass is 10.0. The van der Waals surface area contributed by atoms with Gasteiger partial charge >= 0.3 is 6.36 Å². The van der Waals surface area contributed by atoms with Crippen LogP contribution in [0.3, 0.4) is 0 Å². The minimum absolute atomic E-state index is 0.274. The van der Waals surface area contributed by atoms with E-state index in [1.165, 1.54) is 19.2 Å². The number of fused-ring (bicyclic) bond motifs is 1. The molecule has 28 heavy (non-hydrogen) atoms. The van der Waals surface area contributed by atoms with Crippen LogP contribution in [-0.4, -0.2) is 23.0 Å². The SMILES string of the molecule is CCC(C)n1cc(C)c2nc(-c3ccc(OC(F)(F)F)cc3OC)c(C)cc21. The Morgan fingerprint density at radius 1 is 1.14 bits per heavy atom. The van der Waals surface area contributed by atoms with Crippen molar-refractivity contribution in [1.29, 1.82) is 0 Å². The number of nitrogens with zero attached hydrogens (tertiary/aromatic N) is 2. The van der Waals surface area contributed by atoms with E-state index in [0.29, 0.717) is 17.3 Å². The van der Waals surface area contributed by atoms with Crippen molar-refractivity contribution in [2.75, 3.05) is 7.11 Å². The minimum atomic E-state index is -4.75. The van der Waals surface area contributed by atoms with Crippen molar-refractivity contribution >= 4 is 11.0 Å². The Balaban J connectivity index is 2.13. The third kappa shape index (κ3) is 3.79. The summed E-state index contributed by atoms with van der Waals surface area (Å²) in [5.41, 5.74) is 5.17. The second kappa shape index (κ2) is 7.37. The molecule has 7 heteroatoms. The summed E-state index contributed by atoms with van der Waals surface area (Å²) in [6.07, 6.45) is -1.67. The number of benzene rings is 1. The standard InChI is InChI=1S/C21H23F3N2O2/c1-6-14(4)26-11-13(3)20-17(26)9-12(2)19(25-20)16-8-7-15(10-18(16)27-5)28-21(22,23)24/h7-11,14H,6H2,1-5H3. The van der Waals surface area contributed by atoms with Gasteiger partial charge in [0, 0.05) is 23.9 Å². The molecule has 0 N–H and O–H groups in total. The molecule has 1 unspecified atom stereocenters. The van der Waals surface area contributed by atoms with Gasteiger partial charge in [0.1, 0.15) is 11.5 Å². The molecule has 0 aliphatic heterocycles. The molecule has 2 heterocycles. The predicted octanol–water partition coefficient (Wildman–Crippen LogP) is 6.20. The van der Waals surface area contributed by atoms with Crippen molar-refractivity contribution in [1.82, 2.24) is 9.55 Å². The molecular formula is C21H23F3N2O2. The first-order valence-corrected chi connectivity index (χ1v) is 9.07. The van der Waals surface area contributed by atoms with Crippen LogP contribution >= 0.6 is 0 Å². The van der Waals surface area contributed by atoms with Gasteiger partial charge in [-0.3, -0.25) is 0 Å². The van der Waals surface area contributed by atoms with Crippen LogP contribution in [0.1, 0.15) is 37.4 Å². The second-order valence-electron chi connectivity index (χ2n) is 6.91. The quantitative estimate of drug-likeness (QED) is 0.519. The molecule has 3 aromatic rings. The van der Waals surface area contributed by atoms with Crippen LogP contribution in [0.4, 0.5) is 13.2 Å². The van der Waals surface area contributed by atoms with E-state index in [1.807, 2.05) is 13.8 Å². The van der Waals surface area contributed by atoms with E-state index in [4.69, 9.17) is 9.72 Å². The lowest BCUT2D eigenvalue weighted by molar-refractivity contribution is -0.274. The van der Waals surface area contributed by atoms with Crippen LogP contribution in [0.2, 0.25) is 0 Å². The van der Waals surface area contributed by atoms with E-state index in [0.717, 1.165) is 28.6 Å². The number of halogens is 3. The summed E-state index contributed by atoms with van der Waals surface area (Å²) < 4.78 is 49.0. The summed E-state index contributed by atoms with van der Waals surface area (Å²) in [5.74, 6) is -0.0540. The summed E-state index contributed by atoms with van der Waals surface area (Å²) in [6.45, 7) is 8.23. The highest BCUT2D eigenvalue weighted by molar-refractivity contribution is 5.85. The van der Waals surface area contributed by atoms with Crippen molar-refractivity contribution in [2.45, 2.75) is 46.5 Å². The molecular weight excluding hydrogens is 369 g/mol. The summed E-state index contributed by atoms with van der Waals surface area (Å²) in [7, 11) is 1.41. The smallest absolute Gasteiger partial charge is 0.496 e. The maximum Gasteiger partial charge on any atom is 0.573 e. The normalized spacial score (nSPS) is 13.0. The van der Waals surface area contributed by atoms with Crippen LogP contribution in [-0.2, 0) is 0 Å². The first-order chi connectivity index (χ1) is 13.1. The zero-order valence-electron chi connectivity index (χ0n) is 16.5. The minimum Gasteiger partial charge on any atom is -0.496 e. The number of pyridine rings is 1. The lowest BCUT2D eigenvalue weighted by Gasteiger charge is -2.16. The van der Waals surface area contributed by atoms with Gasteiger partial charge in [0.05, 0.1) is 23.8 Å². The number of alkyl halides is 3. The first-order valence-electron chi connectivity index (χ1n) is 9.07.